The lowest BCUT2D eigenvalue weighted by molar-refractivity contribution is 0.124. The van der Waals surface area contributed by atoms with Gasteiger partial charge in [0.15, 0.2) is 6.73 Å². The molecular weight excluding hydrogens is 197 g/mol. The van der Waals surface area contributed by atoms with Gasteiger partial charge in [0.1, 0.15) is 0 Å². The lowest BCUT2D eigenvalue weighted by Crippen LogP contribution is -2.00. The van der Waals surface area contributed by atoms with Gasteiger partial charge in [-0.1, -0.05) is 0 Å². The second-order valence-electron chi connectivity index (χ2n) is 1.79. The number of hydrogen-bond donors (Lipinski definition) is 0. The van der Waals surface area contributed by atoms with Crippen LogP contribution in [0.15, 0.2) is 4.99 Å². The lowest BCUT2D eigenvalue weighted by Gasteiger charge is -2.14. The topological polar surface area (TPSA) is 74.2 Å². The van der Waals surface area contributed by atoms with Crippen molar-refractivity contribution in [3.63, 3.8) is 0 Å². The van der Waals surface area contributed by atoms with Gasteiger partial charge in [-0.3, -0.25) is 13.6 Å². The highest BCUT2D eigenvalue weighted by atomic mass is 31.2. The standard InChI is InChI=1S/C6H12NO5P/c1-3-10-13(9,11-4-2)12-6-7-5-8/h3-4,6H2,1-2H3. The summed E-state index contributed by atoms with van der Waals surface area (Å²) < 4.78 is 25.5. The Bertz CT molecular complexity index is 215. The van der Waals surface area contributed by atoms with Crippen LogP contribution in [0.1, 0.15) is 13.8 Å². The van der Waals surface area contributed by atoms with E-state index in [0.29, 0.717) is 0 Å². The molecule has 76 valence electrons. The van der Waals surface area contributed by atoms with Crippen molar-refractivity contribution in [1.82, 2.24) is 0 Å². The number of hydrogen-bond acceptors (Lipinski definition) is 6. The van der Waals surface area contributed by atoms with E-state index in [0.717, 1.165) is 0 Å². The minimum absolute atomic E-state index is 0.197. The average Bonchev–Trinajstić information content (AvgIpc) is 2.05. The summed E-state index contributed by atoms with van der Waals surface area (Å²) in [5.41, 5.74) is 0. The maximum absolute atomic E-state index is 11.4. The Morgan fingerprint density at radius 3 is 2.15 bits per heavy atom. The zero-order valence-corrected chi connectivity index (χ0v) is 8.45. The summed E-state index contributed by atoms with van der Waals surface area (Å²) in [7, 11) is -3.52. The van der Waals surface area contributed by atoms with Crippen LogP contribution in [0.2, 0.25) is 0 Å². The van der Waals surface area contributed by atoms with Gasteiger partial charge in [-0.05, 0) is 13.8 Å². The predicted molar refractivity (Wildman–Crippen MR) is 44.9 cm³/mol. The molecular formula is C6H12NO5P. The van der Waals surface area contributed by atoms with Crippen LogP contribution >= 0.6 is 7.82 Å². The fourth-order valence-electron chi connectivity index (χ4n) is 0.554. The highest BCUT2D eigenvalue weighted by Gasteiger charge is 2.24. The Kier molecular flexibility index (Phi) is 6.68. The van der Waals surface area contributed by atoms with Crippen molar-refractivity contribution < 1.29 is 22.9 Å². The van der Waals surface area contributed by atoms with Crippen molar-refractivity contribution in [2.45, 2.75) is 13.8 Å². The van der Waals surface area contributed by atoms with E-state index in [4.69, 9.17) is 9.05 Å². The van der Waals surface area contributed by atoms with Gasteiger partial charge in [0.05, 0.1) is 13.2 Å². The normalized spacial score (nSPS) is 10.9. The molecule has 0 fully saturated rings. The number of nitrogens with zero attached hydrogens (tertiary/aromatic N) is 1. The van der Waals surface area contributed by atoms with Crippen LogP contribution in [0.3, 0.4) is 0 Å². The first-order valence-electron chi connectivity index (χ1n) is 3.75. The monoisotopic (exact) mass is 209 g/mol. The Balaban J connectivity index is 4.06. The highest BCUT2D eigenvalue weighted by molar-refractivity contribution is 7.48. The molecule has 0 aromatic heterocycles. The summed E-state index contributed by atoms with van der Waals surface area (Å²) in [4.78, 5) is 12.7. The van der Waals surface area contributed by atoms with E-state index in [-0.39, 0.29) is 19.9 Å². The molecule has 0 aromatic rings. The van der Waals surface area contributed by atoms with Crippen molar-refractivity contribution in [2.75, 3.05) is 19.9 Å². The van der Waals surface area contributed by atoms with Gasteiger partial charge >= 0.3 is 7.82 Å². The second kappa shape index (κ2) is 6.95. The van der Waals surface area contributed by atoms with Crippen LogP contribution in [0.5, 0.6) is 0 Å². The molecule has 0 aromatic carbocycles. The Morgan fingerprint density at radius 1 is 1.23 bits per heavy atom. The van der Waals surface area contributed by atoms with Crippen LogP contribution in [-0.4, -0.2) is 26.0 Å². The SMILES string of the molecule is CCOP(=O)(OCC)OCN=C=O. The van der Waals surface area contributed by atoms with E-state index in [9.17, 15) is 9.36 Å². The lowest BCUT2D eigenvalue weighted by atomic mass is 10.9. The molecule has 0 aliphatic carbocycles. The van der Waals surface area contributed by atoms with Crippen molar-refractivity contribution >= 4 is 13.9 Å². The summed E-state index contributed by atoms with van der Waals surface area (Å²) in [6.45, 7) is 3.32. The second-order valence-corrected chi connectivity index (χ2v) is 3.46. The summed E-state index contributed by atoms with van der Waals surface area (Å²) in [5, 5.41) is 0. The predicted octanol–water partition coefficient (Wildman–Crippen LogP) is 1.48. The van der Waals surface area contributed by atoms with Crippen LogP contribution in [0.25, 0.3) is 0 Å². The number of phosphoric acid groups is 1. The third-order valence-corrected chi connectivity index (χ3v) is 2.50. The quantitative estimate of drug-likeness (QED) is 0.360. The molecule has 7 heteroatoms. The first kappa shape index (κ1) is 12.5. The van der Waals surface area contributed by atoms with E-state index in [1.165, 1.54) is 6.08 Å². The van der Waals surface area contributed by atoms with E-state index in [1.54, 1.807) is 13.8 Å². The number of phosphoric ester groups is 1. The van der Waals surface area contributed by atoms with Gasteiger partial charge < -0.3 is 0 Å². The molecule has 0 aliphatic heterocycles. The maximum Gasteiger partial charge on any atom is 0.476 e. The van der Waals surface area contributed by atoms with Crippen LogP contribution in [0.4, 0.5) is 0 Å². The van der Waals surface area contributed by atoms with Crippen molar-refractivity contribution in [3.05, 3.63) is 0 Å². The van der Waals surface area contributed by atoms with Crippen LogP contribution in [-0.2, 0) is 22.9 Å². The number of isocyanates is 1. The largest absolute Gasteiger partial charge is 0.476 e. The Labute approximate surface area is 76.5 Å². The highest BCUT2D eigenvalue weighted by Crippen LogP contribution is 2.48. The molecule has 0 rings (SSSR count). The van der Waals surface area contributed by atoms with Crippen LogP contribution < -0.4 is 0 Å². The van der Waals surface area contributed by atoms with Gasteiger partial charge in [0, 0.05) is 0 Å². The number of carbonyl (C=O) groups excluding carboxylic acids is 1. The summed E-state index contributed by atoms with van der Waals surface area (Å²) in [6, 6.07) is 0. The molecule has 0 unspecified atom stereocenters. The van der Waals surface area contributed by atoms with Crippen molar-refractivity contribution in [2.24, 2.45) is 4.99 Å². The Morgan fingerprint density at radius 2 is 1.77 bits per heavy atom. The van der Waals surface area contributed by atoms with Crippen molar-refractivity contribution in [3.8, 4) is 0 Å². The number of aliphatic imine (C=N–C) groups is 1. The first-order chi connectivity index (χ1) is 6.18. The molecule has 0 saturated carbocycles. The molecule has 0 saturated heterocycles. The molecule has 13 heavy (non-hydrogen) atoms. The fraction of sp³-hybridized carbons (Fsp3) is 0.833. The zero-order chi connectivity index (χ0) is 10.2. The molecule has 0 heterocycles. The van der Waals surface area contributed by atoms with Gasteiger partial charge in [-0.15, -0.1) is 0 Å². The van der Waals surface area contributed by atoms with Gasteiger partial charge in [0.25, 0.3) is 0 Å². The summed E-state index contributed by atoms with van der Waals surface area (Å²) in [5.74, 6) is 0. The van der Waals surface area contributed by atoms with Crippen LogP contribution in [0, 0.1) is 0 Å². The molecule has 0 bridgehead atoms. The molecule has 0 N–H and O–H groups in total. The number of rotatable bonds is 7. The molecule has 0 spiro atoms. The Hall–Kier alpha value is -0.510. The molecule has 6 nitrogen and oxygen atoms in total. The van der Waals surface area contributed by atoms with E-state index in [1.807, 2.05) is 0 Å². The van der Waals surface area contributed by atoms with Gasteiger partial charge in [0.2, 0.25) is 6.08 Å². The van der Waals surface area contributed by atoms with E-state index in [2.05, 4.69) is 9.52 Å². The smallest absolute Gasteiger partial charge is 0.287 e. The molecule has 0 aliphatic rings. The first-order valence-corrected chi connectivity index (χ1v) is 5.22. The maximum atomic E-state index is 11.4. The van der Waals surface area contributed by atoms with E-state index >= 15 is 0 Å². The summed E-state index contributed by atoms with van der Waals surface area (Å²) in [6.07, 6.45) is 1.24. The zero-order valence-electron chi connectivity index (χ0n) is 7.56. The van der Waals surface area contributed by atoms with Gasteiger partial charge in [-0.25, -0.2) is 9.36 Å². The third kappa shape index (κ3) is 5.69. The van der Waals surface area contributed by atoms with Gasteiger partial charge in [-0.2, -0.15) is 4.99 Å². The minimum atomic E-state index is -3.52. The molecule has 0 amide bonds. The molecule has 0 radical (unpaired) electrons. The third-order valence-electron chi connectivity index (χ3n) is 0.919. The minimum Gasteiger partial charge on any atom is -0.287 e. The molecule has 0 atom stereocenters. The summed E-state index contributed by atoms with van der Waals surface area (Å²) >= 11 is 0. The fourth-order valence-corrected chi connectivity index (χ4v) is 1.61. The average molecular weight is 209 g/mol. The van der Waals surface area contributed by atoms with Crippen molar-refractivity contribution in [1.29, 1.82) is 0 Å². The van der Waals surface area contributed by atoms with E-state index < -0.39 is 7.82 Å².